The lowest BCUT2D eigenvalue weighted by Crippen LogP contribution is -2.03. The Morgan fingerprint density at radius 2 is 1.70 bits per heavy atom. The lowest BCUT2D eigenvalue weighted by atomic mass is 9.99. The van der Waals surface area contributed by atoms with Gasteiger partial charge in [-0.15, -0.1) is 0 Å². The molecular weight excluding hydrogens is 286 g/mol. The predicted octanol–water partition coefficient (Wildman–Crippen LogP) is 3.88. The molecule has 2 aromatic carbocycles. The number of rotatable bonds is 4. The fourth-order valence-corrected chi connectivity index (χ4v) is 2.04. The Morgan fingerprint density at radius 3 is 2.35 bits per heavy atom. The van der Waals surface area contributed by atoms with Crippen LogP contribution in [0.1, 0.15) is 27.0 Å². The highest BCUT2D eigenvalue weighted by atomic mass is 16.1. The second kappa shape index (κ2) is 7.06. The van der Waals surface area contributed by atoms with E-state index in [4.69, 9.17) is 10.5 Å². The number of hydrogen-bond acceptors (Lipinski definition) is 4. The van der Waals surface area contributed by atoms with Gasteiger partial charge in [-0.2, -0.15) is 10.5 Å². The zero-order valence-electron chi connectivity index (χ0n) is 12.9. The minimum Gasteiger partial charge on any atom is -0.360 e. The zero-order valence-corrected chi connectivity index (χ0v) is 12.9. The van der Waals surface area contributed by atoms with Crippen LogP contribution in [0.3, 0.4) is 0 Å². The Bertz CT molecular complexity index is 851. The summed E-state index contributed by atoms with van der Waals surface area (Å²) in [5.41, 5.74) is 4.00. The van der Waals surface area contributed by atoms with Crippen molar-refractivity contribution in [3.8, 4) is 12.1 Å². The number of allylic oxidation sites excluding steroid dienone is 1. The maximum absolute atomic E-state index is 12.6. The summed E-state index contributed by atoms with van der Waals surface area (Å²) in [5.74, 6) is -0.0680. The van der Waals surface area contributed by atoms with Crippen molar-refractivity contribution in [1.82, 2.24) is 0 Å². The van der Waals surface area contributed by atoms with Gasteiger partial charge in [0.2, 0.25) is 0 Å². The van der Waals surface area contributed by atoms with Gasteiger partial charge in [0.25, 0.3) is 0 Å². The van der Waals surface area contributed by atoms with Gasteiger partial charge < -0.3 is 5.32 Å². The number of nitriles is 2. The lowest BCUT2D eigenvalue weighted by molar-refractivity contribution is 0.103. The normalized spacial score (nSPS) is 9.39. The molecule has 0 aliphatic heterocycles. The average molecular weight is 301 g/mol. The van der Waals surface area contributed by atoms with Crippen molar-refractivity contribution in [1.29, 1.82) is 10.5 Å². The van der Waals surface area contributed by atoms with Crippen LogP contribution in [0, 0.1) is 36.5 Å². The fraction of sp³-hybridized carbons (Fsp3) is 0.105. The van der Waals surface area contributed by atoms with E-state index in [1.807, 2.05) is 32.0 Å². The van der Waals surface area contributed by atoms with E-state index in [-0.39, 0.29) is 11.4 Å². The van der Waals surface area contributed by atoms with Crippen LogP contribution in [0.25, 0.3) is 0 Å². The molecule has 0 heterocycles. The van der Waals surface area contributed by atoms with Gasteiger partial charge in [0.05, 0.1) is 0 Å². The summed E-state index contributed by atoms with van der Waals surface area (Å²) >= 11 is 0. The summed E-state index contributed by atoms with van der Waals surface area (Å²) < 4.78 is 0. The summed E-state index contributed by atoms with van der Waals surface area (Å²) in [7, 11) is 0. The third-order valence-electron chi connectivity index (χ3n) is 3.52. The number of hydrogen-bond donors (Lipinski definition) is 1. The van der Waals surface area contributed by atoms with Gasteiger partial charge in [-0.05, 0) is 43.2 Å². The average Bonchev–Trinajstić information content (AvgIpc) is 2.58. The third kappa shape index (κ3) is 3.84. The highest BCUT2D eigenvalue weighted by Gasteiger charge is 2.10. The second-order valence-corrected chi connectivity index (χ2v) is 5.13. The Labute approximate surface area is 135 Å². The summed E-state index contributed by atoms with van der Waals surface area (Å²) in [5, 5.41) is 20.3. The quantitative estimate of drug-likeness (QED) is 0.686. The third-order valence-corrected chi connectivity index (χ3v) is 3.52. The topological polar surface area (TPSA) is 76.7 Å². The maximum atomic E-state index is 12.6. The molecule has 0 bridgehead atoms. The second-order valence-electron chi connectivity index (χ2n) is 5.13. The molecule has 4 nitrogen and oxygen atoms in total. The van der Waals surface area contributed by atoms with Gasteiger partial charge in [-0.3, -0.25) is 4.79 Å². The SMILES string of the molecule is Cc1ccc(C(=O)c2cccc(NC=C(C#N)C#N)c2)cc1C. The molecule has 0 fully saturated rings. The standard InChI is InChI=1S/C19H15N3O/c1-13-6-7-17(8-14(13)2)19(23)16-4-3-5-18(9-16)22-12-15(10-20)11-21/h3-9,12,22H,1-2H3. The molecule has 0 aromatic heterocycles. The number of aryl methyl sites for hydroxylation is 2. The van der Waals surface area contributed by atoms with E-state index in [1.165, 1.54) is 6.20 Å². The Kier molecular flexibility index (Phi) is 4.92. The van der Waals surface area contributed by atoms with Crippen LogP contribution >= 0.6 is 0 Å². The minimum absolute atomic E-state index is 0.0316. The molecule has 4 heteroatoms. The first-order valence-corrected chi connectivity index (χ1v) is 7.04. The zero-order chi connectivity index (χ0) is 16.8. The van der Waals surface area contributed by atoms with E-state index >= 15 is 0 Å². The van der Waals surface area contributed by atoms with Crippen LogP contribution in [-0.4, -0.2) is 5.78 Å². The van der Waals surface area contributed by atoms with E-state index in [2.05, 4.69) is 5.32 Å². The largest absolute Gasteiger partial charge is 0.360 e. The van der Waals surface area contributed by atoms with E-state index in [0.29, 0.717) is 16.8 Å². The van der Waals surface area contributed by atoms with E-state index in [9.17, 15) is 4.79 Å². The molecule has 0 atom stereocenters. The number of carbonyl (C=O) groups is 1. The molecule has 0 saturated heterocycles. The summed E-state index contributed by atoms with van der Waals surface area (Å²) in [6.07, 6.45) is 1.32. The van der Waals surface area contributed by atoms with E-state index < -0.39 is 0 Å². The molecule has 2 aromatic rings. The smallest absolute Gasteiger partial charge is 0.193 e. The first-order valence-electron chi connectivity index (χ1n) is 7.04. The maximum Gasteiger partial charge on any atom is 0.193 e. The molecule has 23 heavy (non-hydrogen) atoms. The molecule has 0 amide bonds. The molecule has 0 radical (unpaired) electrons. The number of benzene rings is 2. The molecule has 1 N–H and O–H groups in total. The number of anilines is 1. The highest BCUT2D eigenvalue weighted by molar-refractivity contribution is 6.09. The van der Waals surface area contributed by atoms with Crippen LogP contribution in [0.15, 0.2) is 54.2 Å². The molecule has 0 unspecified atom stereocenters. The van der Waals surface area contributed by atoms with Crippen molar-refractivity contribution >= 4 is 11.5 Å². The highest BCUT2D eigenvalue weighted by Crippen LogP contribution is 2.17. The van der Waals surface area contributed by atoms with Gasteiger partial charge in [0.1, 0.15) is 17.7 Å². The minimum atomic E-state index is -0.0680. The summed E-state index contributed by atoms with van der Waals surface area (Å²) in [4.78, 5) is 12.6. The van der Waals surface area contributed by atoms with Crippen molar-refractivity contribution < 1.29 is 4.79 Å². The van der Waals surface area contributed by atoms with Crippen molar-refractivity contribution in [2.45, 2.75) is 13.8 Å². The van der Waals surface area contributed by atoms with Gasteiger partial charge in [0, 0.05) is 23.0 Å². The molecule has 0 aliphatic carbocycles. The predicted molar refractivity (Wildman–Crippen MR) is 88.7 cm³/mol. The molecule has 0 spiro atoms. The first-order chi connectivity index (χ1) is 11.0. The molecule has 0 saturated carbocycles. The van der Waals surface area contributed by atoms with Gasteiger partial charge in [0.15, 0.2) is 5.78 Å². The van der Waals surface area contributed by atoms with Crippen LogP contribution in [0.2, 0.25) is 0 Å². The van der Waals surface area contributed by atoms with Crippen molar-refractivity contribution in [2.24, 2.45) is 0 Å². The number of ketones is 1. The van der Waals surface area contributed by atoms with Gasteiger partial charge in [-0.1, -0.05) is 24.3 Å². The van der Waals surface area contributed by atoms with Crippen molar-refractivity contribution in [3.05, 3.63) is 76.5 Å². The van der Waals surface area contributed by atoms with Gasteiger partial charge in [-0.25, -0.2) is 0 Å². The first kappa shape index (κ1) is 16.0. The number of nitrogens with zero attached hydrogens (tertiary/aromatic N) is 2. The van der Waals surface area contributed by atoms with Crippen LogP contribution < -0.4 is 5.32 Å². The van der Waals surface area contributed by atoms with Crippen molar-refractivity contribution in [2.75, 3.05) is 5.32 Å². The summed E-state index contributed by atoms with van der Waals surface area (Å²) in [6, 6.07) is 16.1. The molecule has 112 valence electrons. The number of carbonyl (C=O) groups excluding carboxylic acids is 1. The number of nitrogens with one attached hydrogen (secondary N) is 1. The molecule has 2 rings (SSSR count). The Morgan fingerprint density at radius 1 is 1.00 bits per heavy atom. The molecular formula is C19H15N3O. The Balaban J connectivity index is 2.27. The Hall–Kier alpha value is -3.37. The van der Waals surface area contributed by atoms with E-state index in [0.717, 1.165) is 11.1 Å². The monoisotopic (exact) mass is 301 g/mol. The van der Waals surface area contributed by atoms with E-state index in [1.54, 1.807) is 36.4 Å². The van der Waals surface area contributed by atoms with Crippen molar-refractivity contribution in [3.63, 3.8) is 0 Å². The lowest BCUT2D eigenvalue weighted by Gasteiger charge is -2.07. The van der Waals surface area contributed by atoms with Gasteiger partial charge >= 0.3 is 0 Å². The van der Waals surface area contributed by atoms with Crippen LogP contribution in [0.5, 0.6) is 0 Å². The van der Waals surface area contributed by atoms with Crippen LogP contribution in [-0.2, 0) is 0 Å². The summed E-state index contributed by atoms with van der Waals surface area (Å²) in [6.45, 7) is 3.97. The molecule has 0 aliphatic rings. The van der Waals surface area contributed by atoms with Crippen LogP contribution in [0.4, 0.5) is 5.69 Å². The fourth-order valence-electron chi connectivity index (χ4n) is 2.04.